The third kappa shape index (κ3) is 5.70. The van der Waals surface area contributed by atoms with Gasteiger partial charge in [0.15, 0.2) is 5.69 Å². The number of nitriles is 1. The Hall–Kier alpha value is -3.62. The Kier molecular flexibility index (Phi) is 7.58. The molecule has 0 aliphatic carbocycles. The van der Waals surface area contributed by atoms with E-state index in [0.29, 0.717) is 62.5 Å². The van der Waals surface area contributed by atoms with Crippen molar-refractivity contribution in [1.82, 2.24) is 34.8 Å². The highest BCUT2D eigenvalue weighted by Crippen LogP contribution is 2.27. The lowest BCUT2D eigenvalue weighted by atomic mass is 9.94. The summed E-state index contributed by atoms with van der Waals surface area (Å²) >= 11 is 0. The molecule has 1 amide bonds. The van der Waals surface area contributed by atoms with Crippen LogP contribution in [0.3, 0.4) is 0 Å². The van der Waals surface area contributed by atoms with Gasteiger partial charge in [-0.05, 0) is 57.3 Å². The SMILES string of the molecule is Cc1cc(-c2cc3c(nnn3C)c(C#N)n2)cnc1OCCC1CCN(CC(=O)N2CCOCC2)CC1. The Morgan fingerprint density at radius 1 is 1.22 bits per heavy atom. The number of amides is 1. The molecule has 2 aliphatic rings. The summed E-state index contributed by atoms with van der Waals surface area (Å²) in [6, 6.07) is 5.95. The van der Waals surface area contributed by atoms with Crippen LogP contribution in [0.25, 0.3) is 22.3 Å². The van der Waals surface area contributed by atoms with Crippen molar-refractivity contribution in [3.05, 3.63) is 29.6 Å². The number of rotatable bonds is 7. The molecule has 2 aliphatic heterocycles. The number of ether oxygens (including phenoxy) is 2. The predicted molar refractivity (Wildman–Crippen MR) is 136 cm³/mol. The summed E-state index contributed by atoms with van der Waals surface area (Å²) < 4.78 is 13.0. The van der Waals surface area contributed by atoms with Crippen LogP contribution in [0.5, 0.6) is 5.88 Å². The van der Waals surface area contributed by atoms with E-state index in [1.807, 2.05) is 24.0 Å². The second-order valence-electron chi connectivity index (χ2n) is 9.74. The van der Waals surface area contributed by atoms with E-state index in [9.17, 15) is 10.1 Å². The number of pyridine rings is 2. The van der Waals surface area contributed by atoms with E-state index in [1.165, 1.54) is 0 Å². The van der Waals surface area contributed by atoms with Gasteiger partial charge in [0.05, 0.1) is 37.6 Å². The number of fused-ring (bicyclic) bond motifs is 1. The number of hydrogen-bond acceptors (Lipinski definition) is 9. The third-order valence-corrected chi connectivity index (χ3v) is 7.23. The Morgan fingerprint density at radius 2 is 2.00 bits per heavy atom. The molecule has 11 nitrogen and oxygen atoms in total. The molecular formula is C26H32N8O3. The van der Waals surface area contributed by atoms with E-state index in [4.69, 9.17) is 9.47 Å². The Labute approximate surface area is 216 Å². The van der Waals surface area contributed by atoms with Gasteiger partial charge < -0.3 is 14.4 Å². The molecule has 5 rings (SSSR count). The fourth-order valence-corrected chi connectivity index (χ4v) is 4.97. The van der Waals surface area contributed by atoms with Crippen LogP contribution in [-0.4, -0.2) is 93.2 Å². The molecule has 37 heavy (non-hydrogen) atoms. The lowest BCUT2D eigenvalue weighted by Gasteiger charge is -2.34. The van der Waals surface area contributed by atoms with Crippen molar-refractivity contribution < 1.29 is 14.3 Å². The van der Waals surface area contributed by atoms with Crippen molar-refractivity contribution in [3.8, 4) is 23.2 Å². The first-order chi connectivity index (χ1) is 18.0. The highest BCUT2D eigenvalue weighted by Gasteiger charge is 2.24. The quantitative estimate of drug-likeness (QED) is 0.475. The maximum atomic E-state index is 12.5. The van der Waals surface area contributed by atoms with Gasteiger partial charge in [-0.15, -0.1) is 5.10 Å². The topological polar surface area (TPSA) is 122 Å². The first-order valence-corrected chi connectivity index (χ1v) is 12.8. The zero-order chi connectivity index (χ0) is 25.8. The largest absolute Gasteiger partial charge is 0.477 e. The molecule has 3 aromatic heterocycles. The van der Waals surface area contributed by atoms with Crippen molar-refractivity contribution in [3.63, 3.8) is 0 Å². The van der Waals surface area contributed by atoms with E-state index in [2.05, 4.69) is 31.2 Å². The molecule has 0 saturated carbocycles. The molecule has 11 heteroatoms. The van der Waals surface area contributed by atoms with Crippen molar-refractivity contribution >= 4 is 16.9 Å². The number of likely N-dealkylation sites (tertiary alicyclic amines) is 1. The number of nitrogens with zero attached hydrogens (tertiary/aromatic N) is 8. The van der Waals surface area contributed by atoms with Gasteiger partial charge in [0.25, 0.3) is 0 Å². The zero-order valence-electron chi connectivity index (χ0n) is 21.4. The van der Waals surface area contributed by atoms with Gasteiger partial charge in [0.1, 0.15) is 11.6 Å². The van der Waals surface area contributed by atoms with Gasteiger partial charge in [-0.2, -0.15) is 5.26 Å². The molecular weight excluding hydrogens is 472 g/mol. The first kappa shape index (κ1) is 25.0. The van der Waals surface area contributed by atoms with Gasteiger partial charge >= 0.3 is 0 Å². The van der Waals surface area contributed by atoms with Crippen LogP contribution >= 0.6 is 0 Å². The Balaban J connectivity index is 1.11. The monoisotopic (exact) mass is 504 g/mol. The van der Waals surface area contributed by atoms with E-state index >= 15 is 0 Å². The molecule has 0 bridgehead atoms. The Bertz CT molecular complexity index is 1300. The number of aromatic nitrogens is 5. The molecule has 0 aromatic carbocycles. The van der Waals surface area contributed by atoms with Gasteiger partial charge in [-0.3, -0.25) is 9.69 Å². The van der Waals surface area contributed by atoms with Crippen LogP contribution in [0, 0.1) is 24.2 Å². The molecule has 0 atom stereocenters. The third-order valence-electron chi connectivity index (χ3n) is 7.23. The van der Waals surface area contributed by atoms with Gasteiger partial charge in [0, 0.05) is 37.5 Å². The molecule has 194 valence electrons. The van der Waals surface area contributed by atoms with Crippen LogP contribution in [-0.2, 0) is 16.6 Å². The van der Waals surface area contributed by atoms with E-state index < -0.39 is 0 Å². The number of carbonyl (C=O) groups excluding carboxylic acids is 1. The predicted octanol–water partition coefficient (Wildman–Crippen LogP) is 1.95. The normalized spacial score (nSPS) is 17.2. The Morgan fingerprint density at radius 3 is 2.73 bits per heavy atom. The molecule has 0 radical (unpaired) electrons. The zero-order valence-corrected chi connectivity index (χ0v) is 21.4. The number of piperidine rings is 1. The summed E-state index contributed by atoms with van der Waals surface area (Å²) in [5.74, 6) is 1.41. The second-order valence-corrected chi connectivity index (χ2v) is 9.74. The summed E-state index contributed by atoms with van der Waals surface area (Å²) in [5, 5.41) is 17.5. The maximum Gasteiger partial charge on any atom is 0.236 e. The van der Waals surface area contributed by atoms with Crippen LogP contribution < -0.4 is 4.74 Å². The number of morpholine rings is 1. The second kappa shape index (κ2) is 11.2. The minimum atomic E-state index is 0.214. The number of carbonyl (C=O) groups is 1. The smallest absolute Gasteiger partial charge is 0.236 e. The van der Waals surface area contributed by atoms with E-state index in [1.54, 1.807) is 17.9 Å². The lowest BCUT2D eigenvalue weighted by molar-refractivity contribution is -0.136. The van der Waals surface area contributed by atoms with Crippen molar-refractivity contribution in [2.75, 3.05) is 52.5 Å². The van der Waals surface area contributed by atoms with Crippen molar-refractivity contribution in [2.24, 2.45) is 13.0 Å². The van der Waals surface area contributed by atoms with Crippen LogP contribution in [0.15, 0.2) is 18.3 Å². The molecule has 2 saturated heterocycles. The molecule has 0 N–H and O–H groups in total. The van der Waals surface area contributed by atoms with Crippen LogP contribution in [0.1, 0.15) is 30.5 Å². The standard InChI is InChI=1S/C26H32N8O3/c1-18-13-20(21-14-23-25(22(15-27)29-21)30-31-32(23)2)16-28-26(18)37-10-5-19-3-6-33(7-4-19)17-24(35)34-8-11-36-12-9-34/h13-14,16,19H,3-12,17H2,1-2H3. The van der Waals surface area contributed by atoms with Gasteiger partial charge in [-0.1, -0.05) is 5.21 Å². The van der Waals surface area contributed by atoms with E-state index in [-0.39, 0.29) is 11.6 Å². The first-order valence-electron chi connectivity index (χ1n) is 12.8. The van der Waals surface area contributed by atoms with Crippen molar-refractivity contribution in [1.29, 1.82) is 5.26 Å². The molecule has 0 unspecified atom stereocenters. The number of hydrogen-bond donors (Lipinski definition) is 0. The van der Waals surface area contributed by atoms with Gasteiger partial charge in [0.2, 0.25) is 11.8 Å². The molecule has 5 heterocycles. The van der Waals surface area contributed by atoms with Crippen molar-refractivity contribution in [2.45, 2.75) is 26.2 Å². The van der Waals surface area contributed by atoms with Crippen LogP contribution in [0.4, 0.5) is 0 Å². The minimum absolute atomic E-state index is 0.214. The fourth-order valence-electron chi connectivity index (χ4n) is 4.97. The summed E-state index contributed by atoms with van der Waals surface area (Å²) in [7, 11) is 1.79. The molecule has 3 aromatic rings. The highest BCUT2D eigenvalue weighted by atomic mass is 16.5. The maximum absolute atomic E-state index is 12.5. The average molecular weight is 505 g/mol. The molecule has 0 spiro atoms. The van der Waals surface area contributed by atoms with Gasteiger partial charge in [-0.25, -0.2) is 14.6 Å². The van der Waals surface area contributed by atoms with Crippen LogP contribution in [0.2, 0.25) is 0 Å². The fraction of sp³-hybridized carbons (Fsp3) is 0.538. The summed E-state index contributed by atoms with van der Waals surface area (Å²) in [6.45, 7) is 7.66. The molecule has 2 fully saturated rings. The average Bonchev–Trinajstić information content (AvgIpc) is 3.31. The summed E-state index contributed by atoms with van der Waals surface area (Å²) in [5.41, 5.74) is 3.86. The minimum Gasteiger partial charge on any atom is -0.477 e. The summed E-state index contributed by atoms with van der Waals surface area (Å²) in [6.07, 6.45) is 4.84. The van der Waals surface area contributed by atoms with E-state index in [0.717, 1.165) is 49.0 Å². The number of aryl methyl sites for hydroxylation is 2. The highest BCUT2D eigenvalue weighted by molar-refractivity contribution is 5.83. The lowest BCUT2D eigenvalue weighted by Crippen LogP contribution is -2.47. The summed E-state index contributed by atoms with van der Waals surface area (Å²) in [4.78, 5) is 25.7.